The average molecular weight is 389 g/mol. The molecule has 2 aromatic carbocycles. The maximum absolute atomic E-state index is 12.4. The van der Waals surface area contributed by atoms with Crippen molar-refractivity contribution in [1.82, 2.24) is 9.38 Å². The largest absolute Gasteiger partial charge is 0.392 e. The molecule has 5 nitrogen and oxygen atoms in total. The summed E-state index contributed by atoms with van der Waals surface area (Å²) in [4.78, 5) is 18.1. The molecule has 0 aliphatic heterocycles. The number of hydrogen-bond acceptors (Lipinski definition) is 4. The zero-order valence-corrected chi connectivity index (χ0v) is 15.9. The number of carbonyl (C=O) groups excluding carboxylic acids is 1. The Morgan fingerprint density at radius 3 is 2.71 bits per heavy atom. The summed E-state index contributed by atoms with van der Waals surface area (Å²) in [6.07, 6.45) is 4.02. The van der Waals surface area contributed by atoms with Gasteiger partial charge < -0.3 is 14.8 Å². The van der Waals surface area contributed by atoms with Crippen LogP contribution in [0.2, 0.25) is 0 Å². The van der Waals surface area contributed by atoms with Crippen LogP contribution in [-0.4, -0.2) is 20.4 Å². The number of amides is 1. The van der Waals surface area contributed by atoms with Crippen molar-refractivity contribution in [2.75, 3.05) is 5.32 Å². The topological polar surface area (TPSA) is 66.6 Å². The Morgan fingerprint density at radius 2 is 1.93 bits per heavy atom. The van der Waals surface area contributed by atoms with Crippen molar-refractivity contribution in [3.8, 4) is 0 Å². The predicted molar refractivity (Wildman–Crippen MR) is 112 cm³/mol. The molecule has 0 aliphatic carbocycles. The van der Waals surface area contributed by atoms with Crippen molar-refractivity contribution in [3.63, 3.8) is 0 Å². The lowest BCUT2D eigenvalue weighted by Gasteiger charge is -2.07. The fourth-order valence-corrected chi connectivity index (χ4v) is 3.65. The molecule has 0 unspecified atom stereocenters. The van der Waals surface area contributed by atoms with Gasteiger partial charge in [-0.2, -0.15) is 0 Å². The minimum atomic E-state index is -0.174. The Kier molecular flexibility index (Phi) is 5.41. The molecule has 2 N–H and O–H groups in total. The lowest BCUT2D eigenvalue weighted by atomic mass is 10.2. The maximum atomic E-state index is 12.4. The zero-order chi connectivity index (χ0) is 19.3. The van der Waals surface area contributed by atoms with Gasteiger partial charge in [-0.1, -0.05) is 18.2 Å². The van der Waals surface area contributed by atoms with E-state index in [2.05, 4.69) is 10.3 Å². The van der Waals surface area contributed by atoms with Crippen molar-refractivity contribution < 1.29 is 9.90 Å². The Hall–Kier alpha value is -3.09. The third-order valence-corrected chi connectivity index (χ3v) is 5.33. The molecule has 0 saturated carbocycles. The molecule has 28 heavy (non-hydrogen) atoms. The van der Waals surface area contributed by atoms with Crippen molar-refractivity contribution in [1.29, 1.82) is 0 Å². The number of anilines is 1. The molecule has 2 aromatic heterocycles. The number of nitrogens with one attached hydrogen (secondary N) is 1. The first-order valence-corrected chi connectivity index (χ1v) is 9.86. The molecule has 0 saturated heterocycles. The Balaban J connectivity index is 1.38. The molecule has 4 rings (SSSR count). The van der Waals surface area contributed by atoms with Gasteiger partial charge in [-0.25, -0.2) is 4.98 Å². The Labute approximate surface area is 167 Å². The van der Waals surface area contributed by atoms with Crippen LogP contribution in [0.1, 0.15) is 21.6 Å². The van der Waals surface area contributed by atoms with Crippen molar-refractivity contribution >= 4 is 29.0 Å². The summed E-state index contributed by atoms with van der Waals surface area (Å²) >= 11 is 1.68. The quantitative estimate of drug-likeness (QED) is 0.481. The molecular weight excluding hydrogens is 370 g/mol. The lowest BCUT2D eigenvalue weighted by Crippen LogP contribution is -2.11. The van der Waals surface area contributed by atoms with Crippen LogP contribution < -0.4 is 5.32 Å². The summed E-state index contributed by atoms with van der Waals surface area (Å²) < 4.78 is 2.01. The van der Waals surface area contributed by atoms with Crippen LogP contribution in [0.25, 0.3) is 5.65 Å². The highest BCUT2D eigenvalue weighted by atomic mass is 32.2. The molecule has 0 aliphatic rings. The monoisotopic (exact) mass is 389 g/mol. The van der Waals surface area contributed by atoms with Gasteiger partial charge in [-0.15, -0.1) is 11.8 Å². The Morgan fingerprint density at radius 1 is 1.07 bits per heavy atom. The Bertz CT molecular complexity index is 1070. The van der Waals surface area contributed by atoms with E-state index in [0.717, 1.165) is 27.6 Å². The van der Waals surface area contributed by atoms with Crippen LogP contribution in [0.4, 0.5) is 5.69 Å². The second-order valence-corrected chi connectivity index (χ2v) is 7.37. The van der Waals surface area contributed by atoms with E-state index in [-0.39, 0.29) is 12.5 Å². The van der Waals surface area contributed by atoms with E-state index < -0.39 is 0 Å². The van der Waals surface area contributed by atoms with Gasteiger partial charge in [0, 0.05) is 34.3 Å². The van der Waals surface area contributed by atoms with Gasteiger partial charge in [0.1, 0.15) is 5.65 Å². The number of aliphatic hydroxyl groups excluding tert-OH is 1. The van der Waals surface area contributed by atoms with Gasteiger partial charge in [0.25, 0.3) is 5.91 Å². The number of nitrogens with zero attached hydrogens (tertiary/aromatic N) is 2. The number of aliphatic hydroxyl groups is 1. The number of aromatic nitrogens is 2. The van der Waals surface area contributed by atoms with Gasteiger partial charge in [0.05, 0.1) is 12.3 Å². The fourth-order valence-electron chi connectivity index (χ4n) is 2.87. The molecule has 0 fully saturated rings. The molecule has 2 heterocycles. The minimum Gasteiger partial charge on any atom is -0.392 e. The predicted octanol–water partition coefficient (Wildman–Crippen LogP) is 4.37. The van der Waals surface area contributed by atoms with Gasteiger partial charge >= 0.3 is 0 Å². The van der Waals surface area contributed by atoms with Crippen LogP contribution in [0, 0.1) is 0 Å². The summed E-state index contributed by atoms with van der Waals surface area (Å²) in [5, 5.41) is 12.1. The van der Waals surface area contributed by atoms with Crippen LogP contribution in [0.5, 0.6) is 0 Å². The van der Waals surface area contributed by atoms with Crippen LogP contribution >= 0.6 is 11.8 Å². The molecule has 4 aromatic rings. The summed E-state index contributed by atoms with van der Waals surface area (Å²) in [6.45, 7) is -0.0536. The van der Waals surface area contributed by atoms with Crippen LogP contribution in [0.3, 0.4) is 0 Å². The molecule has 0 bridgehead atoms. The van der Waals surface area contributed by atoms with Crippen molar-refractivity contribution in [3.05, 3.63) is 95.9 Å². The van der Waals surface area contributed by atoms with Crippen molar-refractivity contribution in [2.45, 2.75) is 17.3 Å². The van der Waals surface area contributed by atoms with E-state index in [9.17, 15) is 9.90 Å². The standard InChI is InChI=1S/C22H19N3O2S/c26-14-16-4-3-5-18(12-16)24-22(27)17-7-9-20(10-8-17)28-15-19-13-25-11-2-1-6-21(25)23-19/h1-13,26H,14-15H2,(H,24,27). The van der Waals surface area contributed by atoms with Crippen molar-refractivity contribution in [2.24, 2.45) is 0 Å². The lowest BCUT2D eigenvalue weighted by molar-refractivity contribution is 0.102. The van der Waals surface area contributed by atoms with Gasteiger partial charge in [0.2, 0.25) is 0 Å². The van der Waals surface area contributed by atoms with Gasteiger partial charge in [0.15, 0.2) is 0 Å². The molecular formula is C22H19N3O2S. The van der Waals surface area contributed by atoms with Gasteiger partial charge in [-0.3, -0.25) is 4.79 Å². The summed E-state index contributed by atoms with van der Waals surface area (Å²) in [6, 6.07) is 20.6. The minimum absolute atomic E-state index is 0.0536. The second-order valence-electron chi connectivity index (χ2n) is 6.32. The number of hydrogen-bond donors (Lipinski definition) is 2. The third-order valence-electron chi connectivity index (χ3n) is 4.28. The first-order valence-electron chi connectivity index (χ1n) is 8.88. The number of benzene rings is 2. The van der Waals surface area contributed by atoms with E-state index in [1.165, 1.54) is 0 Å². The molecule has 0 spiro atoms. The molecule has 6 heteroatoms. The maximum Gasteiger partial charge on any atom is 0.255 e. The molecule has 1 amide bonds. The summed E-state index contributed by atoms with van der Waals surface area (Å²) in [5.74, 6) is 0.591. The van der Waals surface area contributed by atoms with Crippen LogP contribution in [0.15, 0.2) is 84.0 Å². The van der Waals surface area contributed by atoms with E-state index >= 15 is 0 Å². The van der Waals surface area contributed by atoms with E-state index in [0.29, 0.717) is 11.3 Å². The highest BCUT2D eigenvalue weighted by molar-refractivity contribution is 7.98. The smallest absolute Gasteiger partial charge is 0.255 e. The van der Waals surface area contributed by atoms with E-state index in [4.69, 9.17) is 0 Å². The number of thioether (sulfide) groups is 1. The first kappa shape index (κ1) is 18.3. The number of imidazole rings is 1. The summed E-state index contributed by atoms with van der Waals surface area (Å²) in [7, 11) is 0. The molecule has 0 radical (unpaired) electrons. The zero-order valence-electron chi connectivity index (χ0n) is 15.1. The third kappa shape index (κ3) is 4.24. The van der Waals surface area contributed by atoms with E-state index in [1.54, 1.807) is 30.0 Å². The molecule has 140 valence electrons. The number of rotatable bonds is 6. The molecule has 0 atom stereocenters. The normalized spacial score (nSPS) is 10.9. The van der Waals surface area contributed by atoms with Crippen LogP contribution in [-0.2, 0) is 12.4 Å². The fraction of sp³-hybridized carbons (Fsp3) is 0.0909. The average Bonchev–Trinajstić information content (AvgIpc) is 3.16. The first-order chi connectivity index (χ1) is 13.7. The summed E-state index contributed by atoms with van der Waals surface area (Å²) in [5.41, 5.74) is 3.97. The van der Waals surface area contributed by atoms with E-state index in [1.807, 2.05) is 65.3 Å². The highest BCUT2D eigenvalue weighted by Crippen LogP contribution is 2.23. The number of carbonyl (C=O) groups is 1. The van der Waals surface area contributed by atoms with Gasteiger partial charge in [-0.05, 0) is 54.1 Å². The SMILES string of the molecule is O=C(Nc1cccc(CO)c1)c1ccc(SCc2cn3ccccc3n2)cc1. The highest BCUT2D eigenvalue weighted by Gasteiger charge is 2.07. The number of fused-ring (bicyclic) bond motifs is 1. The second kappa shape index (κ2) is 8.29. The number of pyridine rings is 1.